The first-order valence-corrected chi connectivity index (χ1v) is 12.1. The van der Waals surface area contributed by atoms with Crippen LogP contribution in [0.1, 0.15) is 10.4 Å². The SMILES string of the molecule is CNC(=O)c1cc(-n2c3ccccc3c3ccccc32)cc(-n2c3ccccc3c3ccccc32)c1. The van der Waals surface area contributed by atoms with Crippen LogP contribution in [0.25, 0.3) is 55.0 Å². The maximum Gasteiger partial charge on any atom is 0.251 e. The van der Waals surface area contributed by atoms with Gasteiger partial charge in [0.2, 0.25) is 0 Å². The summed E-state index contributed by atoms with van der Waals surface area (Å²) < 4.78 is 4.52. The number of carbonyl (C=O) groups excluding carboxylic acids is 1. The second kappa shape index (κ2) is 7.85. The minimum absolute atomic E-state index is 0.111. The van der Waals surface area contributed by atoms with Crippen LogP contribution < -0.4 is 5.32 Å². The number of carbonyl (C=O) groups is 1. The molecule has 4 heteroatoms. The predicted molar refractivity (Wildman–Crippen MR) is 149 cm³/mol. The molecule has 36 heavy (non-hydrogen) atoms. The number of para-hydroxylation sites is 4. The van der Waals surface area contributed by atoms with Crippen molar-refractivity contribution in [1.29, 1.82) is 0 Å². The van der Waals surface area contributed by atoms with Crippen molar-refractivity contribution in [3.05, 3.63) is 121 Å². The van der Waals surface area contributed by atoms with Crippen molar-refractivity contribution >= 4 is 49.5 Å². The highest BCUT2D eigenvalue weighted by atomic mass is 16.1. The number of fused-ring (bicyclic) bond motifs is 6. The topological polar surface area (TPSA) is 39.0 Å². The number of rotatable bonds is 3. The Kier molecular flexibility index (Phi) is 4.48. The molecule has 2 aromatic heterocycles. The molecule has 0 saturated carbocycles. The highest BCUT2D eigenvalue weighted by molar-refractivity contribution is 6.11. The Bertz CT molecular complexity index is 1720. The molecule has 0 atom stereocenters. The van der Waals surface area contributed by atoms with Crippen molar-refractivity contribution in [2.24, 2.45) is 0 Å². The molecule has 0 aliphatic carbocycles. The number of amides is 1. The van der Waals surface area contributed by atoms with Crippen LogP contribution in [0.4, 0.5) is 0 Å². The lowest BCUT2D eigenvalue weighted by molar-refractivity contribution is 0.0963. The Morgan fingerprint density at radius 1 is 0.528 bits per heavy atom. The van der Waals surface area contributed by atoms with Crippen molar-refractivity contribution in [3.8, 4) is 11.4 Å². The Hall–Kier alpha value is -4.83. The van der Waals surface area contributed by atoms with Gasteiger partial charge in [0, 0.05) is 45.5 Å². The molecule has 1 N–H and O–H groups in total. The van der Waals surface area contributed by atoms with E-state index in [0.29, 0.717) is 5.56 Å². The molecule has 172 valence electrons. The van der Waals surface area contributed by atoms with Crippen LogP contribution in [-0.2, 0) is 0 Å². The molecule has 0 aliphatic heterocycles. The first-order chi connectivity index (χ1) is 17.7. The maximum atomic E-state index is 13.0. The fourth-order valence-corrected chi connectivity index (χ4v) is 5.53. The monoisotopic (exact) mass is 465 g/mol. The fourth-order valence-electron chi connectivity index (χ4n) is 5.53. The van der Waals surface area contributed by atoms with Crippen LogP contribution in [0.3, 0.4) is 0 Å². The standard InChI is InChI=1S/C32H23N3O/c1-33-32(36)21-18-22(34-28-14-6-2-10-24(28)25-11-3-7-15-29(25)34)20-23(19-21)35-30-16-8-4-12-26(30)27-13-5-9-17-31(27)35/h2-20H,1H3,(H,33,36). The zero-order chi connectivity index (χ0) is 24.2. The van der Waals surface area contributed by atoms with Gasteiger partial charge in [-0.25, -0.2) is 0 Å². The van der Waals surface area contributed by atoms with E-state index in [4.69, 9.17) is 0 Å². The van der Waals surface area contributed by atoms with Gasteiger partial charge in [0.05, 0.1) is 22.1 Å². The minimum Gasteiger partial charge on any atom is -0.355 e. The summed E-state index contributed by atoms with van der Waals surface area (Å²) in [6, 6.07) is 39.9. The zero-order valence-electron chi connectivity index (χ0n) is 19.8. The maximum absolute atomic E-state index is 13.0. The second-order valence-electron chi connectivity index (χ2n) is 9.06. The van der Waals surface area contributed by atoms with E-state index < -0.39 is 0 Å². The molecular formula is C32H23N3O. The van der Waals surface area contributed by atoms with E-state index >= 15 is 0 Å². The van der Waals surface area contributed by atoms with Crippen molar-refractivity contribution in [1.82, 2.24) is 14.5 Å². The van der Waals surface area contributed by atoms with Gasteiger partial charge in [0.1, 0.15) is 0 Å². The van der Waals surface area contributed by atoms with Gasteiger partial charge >= 0.3 is 0 Å². The number of hydrogen-bond acceptors (Lipinski definition) is 1. The van der Waals surface area contributed by atoms with Gasteiger partial charge in [0.15, 0.2) is 0 Å². The largest absolute Gasteiger partial charge is 0.355 e. The van der Waals surface area contributed by atoms with E-state index in [9.17, 15) is 4.79 Å². The van der Waals surface area contributed by atoms with Crippen LogP contribution >= 0.6 is 0 Å². The van der Waals surface area contributed by atoms with Crippen molar-refractivity contribution in [2.45, 2.75) is 0 Å². The summed E-state index contributed by atoms with van der Waals surface area (Å²) >= 11 is 0. The first-order valence-electron chi connectivity index (χ1n) is 12.1. The first kappa shape index (κ1) is 20.5. The van der Waals surface area contributed by atoms with Crippen molar-refractivity contribution < 1.29 is 4.79 Å². The fraction of sp³-hybridized carbons (Fsp3) is 0.0312. The lowest BCUT2D eigenvalue weighted by Gasteiger charge is -2.15. The molecule has 2 heterocycles. The second-order valence-corrected chi connectivity index (χ2v) is 9.06. The third-order valence-corrected chi connectivity index (χ3v) is 7.07. The van der Waals surface area contributed by atoms with Gasteiger partial charge in [0.25, 0.3) is 5.91 Å². The number of nitrogens with one attached hydrogen (secondary N) is 1. The van der Waals surface area contributed by atoms with Gasteiger partial charge in [-0.1, -0.05) is 72.8 Å². The quantitative estimate of drug-likeness (QED) is 0.293. The van der Waals surface area contributed by atoms with Crippen molar-refractivity contribution in [3.63, 3.8) is 0 Å². The van der Waals surface area contributed by atoms with Crippen LogP contribution in [0.2, 0.25) is 0 Å². The average Bonchev–Trinajstić information content (AvgIpc) is 3.45. The normalized spacial score (nSPS) is 11.6. The van der Waals surface area contributed by atoms with Gasteiger partial charge in [-0.15, -0.1) is 0 Å². The molecule has 0 aliphatic rings. The predicted octanol–water partition coefficient (Wildman–Crippen LogP) is 7.24. The molecule has 7 aromatic rings. The highest BCUT2D eigenvalue weighted by Gasteiger charge is 2.17. The summed E-state index contributed by atoms with van der Waals surface area (Å²) in [4.78, 5) is 13.0. The third-order valence-electron chi connectivity index (χ3n) is 7.07. The molecule has 0 spiro atoms. The molecular weight excluding hydrogens is 442 g/mol. The Morgan fingerprint density at radius 2 is 0.861 bits per heavy atom. The molecule has 5 aromatic carbocycles. The van der Waals surface area contributed by atoms with E-state index in [1.807, 2.05) is 12.1 Å². The Balaban J connectivity index is 1.61. The smallest absolute Gasteiger partial charge is 0.251 e. The van der Waals surface area contributed by atoms with E-state index in [2.05, 4.69) is 118 Å². The Morgan fingerprint density at radius 3 is 1.19 bits per heavy atom. The number of hydrogen-bond donors (Lipinski definition) is 1. The van der Waals surface area contributed by atoms with Crippen LogP contribution in [0.15, 0.2) is 115 Å². The van der Waals surface area contributed by atoms with Crippen LogP contribution in [0.5, 0.6) is 0 Å². The lowest BCUT2D eigenvalue weighted by Crippen LogP contribution is -2.18. The molecule has 0 bridgehead atoms. The molecule has 0 radical (unpaired) electrons. The molecule has 1 amide bonds. The molecule has 0 fully saturated rings. The summed E-state index contributed by atoms with van der Waals surface area (Å²) in [6.07, 6.45) is 0. The van der Waals surface area contributed by atoms with Gasteiger partial charge in [-0.05, 0) is 42.5 Å². The zero-order valence-corrected chi connectivity index (χ0v) is 19.8. The van der Waals surface area contributed by atoms with E-state index in [1.54, 1.807) is 7.05 Å². The summed E-state index contributed by atoms with van der Waals surface area (Å²) in [5.41, 5.74) is 6.97. The van der Waals surface area contributed by atoms with E-state index in [-0.39, 0.29) is 5.91 Å². The molecule has 0 saturated heterocycles. The molecule has 0 unspecified atom stereocenters. The summed E-state index contributed by atoms with van der Waals surface area (Å²) in [5, 5.41) is 7.58. The molecule has 4 nitrogen and oxygen atoms in total. The summed E-state index contributed by atoms with van der Waals surface area (Å²) in [7, 11) is 1.68. The Labute approximate surface area is 208 Å². The summed E-state index contributed by atoms with van der Waals surface area (Å²) in [5.74, 6) is -0.111. The van der Waals surface area contributed by atoms with E-state index in [0.717, 1.165) is 33.4 Å². The number of benzene rings is 5. The number of nitrogens with zero attached hydrogens (tertiary/aromatic N) is 2. The molecule has 7 rings (SSSR count). The average molecular weight is 466 g/mol. The van der Waals surface area contributed by atoms with Gasteiger partial charge < -0.3 is 14.5 Å². The van der Waals surface area contributed by atoms with Crippen molar-refractivity contribution in [2.75, 3.05) is 7.05 Å². The number of aromatic nitrogens is 2. The van der Waals surface area contributed by atoms with Crippen LogP contribution in [0, 0.1) is 0 Å². The van der Waals surface area contributed by atoms with E-state index in [1.165, 1.54) is 21.5 Å². The highest BCUT2D eigenvalue weighted by Crippen LogP contribution is 2.35. The minimum atomic E-state index is -0.111. The van der Waals surface area contributed by atoms with Gasteiger partial charge in [-0.3, -0.25) is 4.79 Å². The van der Waals surface area contributed by atoms with Gasteiger partial charge in [-0.2, -0.15) is 0 Å². The summed E-state index contributed by atoms with van der Waals surface area (Å²) in [6.45, 7) is 0. The lowest BCUT2D eigenvalue weighted by atomic mass is 10.1. The van der Waals surface area contributed by atoms with Crippen LogP contribution in [-0.4, -0.2) is 22.1 Å². The third kappa shape index (κ3) is 2.91.